The number of nitrogens with zero attached hydrogens (tertiary/aromatic N) is 2. The fourth-order valence-electron chi connectivity index (χ4n) is 1.17. The molecule has 3 N–H and O–H groups in total. The van der Waals surface area contributed by atoms with Gasteiger partial charge >= 0.3 is 0 Å². The molecule has 0 unspecified atom stereocenters. The van der Waals surface area contributed by atoms with Crippen LogP contribution in [-0.2, 0) is 0 Å². The van der Waals surface area contributed by atoms with Gasteiger partial charge in [0.15, 0.2) is 0 Å². The van der Waals surface area contributed by atoms with Crippen molar-refractivity contribution in [2.45, 2.75) is 0 Å². The Morgan fingerprint density at radius 2 is 2.33 bits per heavy atom. The van der Waals surface area contributed by atoms with Crippen molar-refractivity contribution >= 4 is 16.6 Å². The lowest BCUT2D eigenvalue weighted by Gasteiger charge is -1.94. The van der Waals surface area contributed by atoms with Gasteiger partial charge in [0.25, 0.3) is 0 Å². The minimum Gasteiger partial charge on any atom is -0.399 e. The highest BCUT2D eigenvalue weighted by molar-refractivity contribution is 5.86. The van der Waals surface area contributed by atoms with Gasteiger partial charge in [-0.25, -0.2) is 0 Å². The Balaban J connectivity index is 2.91. The molecule has 1 heterocycles. The summed E-state index contributed by atoms with van der Waals surface area (Å²) in [5.41, 5.74) is 7.42. The van der Waals surface area contributed by atoms with Crippen molar-refractivity contribution < 1.29 is 0 Å². The lowest BCUT2D eigenvalue weighted by atomic mass is 10.1. The number of nitrogen functional groups attached to an aromatic ring is 1. The summed E-state index contributed by atoms with van der Waals surface area (Å²) in [7, 11) is 0. The molecule has 2 aromatic rings. The number of hydrogen-bond donors (Lipinski definition) is 2. The number of anilines is 1. The van der Waals surface area contributed by atoms with E-state index in [4.69, 9.17) is 11.0 Å². The average Bonchev–Trinajstić information content (AvgIpc) is 2.50. The largest absolute Gasteiger partial charge is 0.399 e. The average molecular weight is 158 g/mol. The monoisotopic (exact) mass is 158 g/mol. The van der Waals surface area contributed by atoms with Crippen LogP contribution in [0.5, 0.6) is 0 Å². The van der Waals surface area contributed by atoms with Gasteiger partial charge in [-0.3, -0.25) is 5.10 Å². The lowest BCUT2D eigenvalue weighted by molar-refractivity contribution is 1.12. The normalized spacial score (nSPS) is 9.92. The predicted molar refractivity (Wildman–Crippen MR) is 45.2 cm³/mol. The van der Waals surface area contributed by atoms with Gasteiger partial charge in [0, 0.05) is 11.1 Å². The number of nitrogens with two attached hydrogens (primary N) is 1. The zero-order chi connectivity index (χ0) is 8.55. The van der Waals surface area contributed by atoms with E-state index in [-0.39, 0.29) is 0 Å². The van der Waals surface area contributed by atoms with Crippen LogP contribution >= 0.6 is 0 Å². The topological polar surface area (TPSA) is 78.5 Å². The second kappa shape index (κ2) is 2.24. The molecule has 0 saturated heterocycles. The van der Waals surface area contributed by atoms with E-state index in [2.05, 4.69) is 10.2 Å². The molecule has 0 aliphatic heterocycles. The van der Waals surface area contributed by atoms with Crippen LogP contribution in [0.3, 0.4) is 0 Å². The van der Waals surface area contributed by atoms with Crippen molar-refractivity contribution in [3.63, 3.8) is 0 Å². The predicted octanol–water partition coefficient (Wildman–Crippen LogP) is 1.02. The Morgan fingerprint density at radius 3 is 3.08 bits per heavy atom. The Labute approximate surface area is 68.6 Å². The maximum absolute atomic E-state index is 8.73. The first-order valence-corrected chi connectivity index (χ1v) is 3.44. The summed E-state index contributed by atoms with van der Waals surface area (Å²) in [6, 6.07) is 5.45. The van der Waals surface area contributed by atoms with E-state index in [0.717, 1.165) is 10.9 Å². The minimum atomic E-state index is 0.530. The third kappa shape index (κ3) is 0.805. The zero-order valence-electron chi connectivity index (χ0n) is 6.20. The third-order valence-electron chi connectivity index (χ3n) is 1.69. The molecule has 0 bridgehead atoms. The molecule has 1 aromatic carbocycles. The number of aromatic nitrogens is 2. The molecule has 0 aliphatic rings. The minimum absolute atomic E-state index is 0.530. The summed E-state index contributed by atoms with van der Waals surface area (Å²) < 4.78 is 0. The number of nitrogens with one attached hydrogen (secondary N) is 1. The quantitative estimate of drug-likeness (QED) is 0.562. The van der Waals surface area contributed by atoms with Crippen molar-refractivity contribution in [2.75, 3.05) is 5.73 Å². The van der Waals surface area contributed by atoms with E-state index in [0.29, 0.717) is 11.3 Å². The molecule has 0 spiro atoms. The standard InChI is InChI=1S/C8H6N4/c9-3-5-1-7(10)2-6-4-11-12-8(5)6/h1-2,4H,10H2,(H,11,12). The van der Waals surface area contributed by atoms with Gasteiger partial charge in [-0.2, -0.15) is 10.4 Å². The molecule has 1 aromatic heterocycles. The molecule has 0 aliphatic carbocycles. The number of hydrogen-bond acceptors (Lipinski definition) is 3. The van der Waals surface area contributed by atoms with Crippen LogP contribution in [0.4, 0.5) is 5.69 Å². The van der Waals surface area contributed by atoms with Gasteiger partial charge in [-0.05, 0) is 12.1 Å². The second-order valence-electron chi connectivity index (χ2n) is 2.51. The lowest BCUT2D eigenvalue weighted by Crippen LogP contribution is -1.86. The van der Waals surface area contributed by atoms with Crippen molar-refractivity contribution in [3.05, 3.63) is 23.9 Å². The summed E-state index contributed by atoms with van der Waals surface area (Å²) in [5.74, 6) is 0. The smallest absolute Gasteiger partial charge is 0.101 e. The van der Waals surface area contributed by atoms with Crippen molar-refractivity contribution in [1.82, 2.24) is 10.2 Å². The van der Waals surface area contributed by atoms with Crippen LogP contribution in [0.2, 0.25) is 0 Å². The van der Waals surface area contributed by atoms with E-state index in [9.17, 15) is 0 Å². The van der Waals surface area contributed by atoms with Crippen LogP contribution < -0.4 is 5.73 Å². The third-order valence-corrected chi connectivity index (χ3v) is 1.69. The van der Waals surface area contributed by atoms with Crippen LogP contribution in [0, 0.1) is 11.3 Å². The van der Waals surface area contributed by atoms with E-state index < -0.39 is 0 Å². The van der Waals surface area contributed by atoms with Gasteiger partial charge in [-0.15, -0.1) is 0 Å². The first-order chi connectivity index (χ1) is 5.81. The van der Waals surface area contributed by atoms with Gasteiger partial charge in [0.2, 0.25) is 0 Å². The number of benzene rings is 1. The maximum atomic E-state index is 8.73. The van der Waals surface area contributed by atoms with Crippen molar-refractivity contribution in [1.29, 1.82) is 5.26 Å². The van der Waals surface area contributed by atoms with Gasteiger partial charge in [-0.1, -0.05) is 0 Å². The molecule has 0 radical (unpaired) electrons. The molecule has 12 heavy (non-hydrogen) atoms. The Kier molecular flexibility index (Phi) is 1.25. The van der Waals surface area contributed by atoms with E-state index in [1.54, 1.807) is 18.3 Å². The fourth-order valence-corrected chi connectivity index (χ4v) is 1.17. The van der Waals surface area contributed by atoms with Crippen molar-refractivity contribution in [2.24, 2.45) is 0 Å². The molecule has 0 amide bonds. The van der Waals surface area contributed by atoms with Gasteiger partial charge in [0.05, 0.1) is 17.3 Å². The summed E-state index contributed by atoms with van der Waals surface area (Å²) in [4.78, 5) is 0. The fraction of sp³-hybridized carbons (Fsp3) is 0. The number of aromatic amines is 1. The summed E-state index contributed by atoms with van der Waals surface area (Å²) in [5, 5.41) is 16.1. The van der Waals surface area contributed by atoms with Gasteiger partial charge < -0.3 is 5.73 Å². The first kappa shape index (κ1) is 6.68. The number of nitriles is 1. The molecule has 4 heteroatoms. The first-order valence-electron chi connectivity index (χ1n) is 3.44. The van der Waals surface area contributed by atoms with Crippen LogP contribution in [0.1, 0.15) is 5.56 Å². The zero-order valence-corrected chi connectivity index (χ0v) is 6.20. The molecule has 0 atom stereocenters. The van der Waals surface area contributed by atoms with Crippen LogP contribution in [0.15, 0.2) is 18.3 Å². The summed E-state index contributed by atoms with van der Waals surface area (Å²) >= 11 is 0. The highest BCUT2D eigenvalue weighted by atomic mass is 15.1. The molecule has 2 rings (SSSR count). The summed E-state index contributed by atoms with van der Waals surface area (Å²) in [6.07, 6.45) is 1.65. The van der Waals surface area contributed by atoms with Crippen molar-refractivity contribution in [3.8, 4) is 6.07 Å². The van der Waals surface area contributed by atoms with E-state index >= 15 is 0 Å². The highest BCUT2D eigenvalue weighted by Gasteiger charge is 2.02. The molecular weight excluding hydrogens is 152 g/mol. The Hall–Kier alpha value is -2.02. The number of fused-ring (bicyclic) bond motifs is 1. The highest BCUT2D eigenvalue weighted by Crippen LogP contribution is 2.18. The van der Waals surface area contributed by atoms with Crippen LogP contribution in [0.25, 0.3) is 10.9 Å². The Bertz CT molecular complexity index is 463. The second-order valence-corrected chi connectivity index (χ2v) is 2.51. The summed E-state index contributed by atoms with van der Waals surface area (Å²) in [6.45, 7) is 0. The molecule has 0 fully saturated rings. The molecular formula is C8H6N4. The molecule has 0 saturated carbocycles. The number of H-pyrrole nitrogens is 1. The molecule has 58 valence electrons. The Morgan fingerprint density at radius 1 is 1.50 bits per heavy atom. The molecule has 4 nitrogen and oxygen atoms in total. The number of rotatable bonds is 0. The van der Waals surface area contributed by atoms with E-state index in [1.807, 2.05) is 6.07 Å². The SMILES string of the molecule is N#Cc1cc(N)cc2cn[nH]c12. The van der Waals surface area contributed by atoms with Gasteiger partial charge in [0.1, 0.15) is 6.07 Å². The maximum Gasteiger partial charge on any atom is 0.101 e. The van der Waals surface area contributed by atoms with E-state index in [1.165, 1.54) is 0 Å². The van der Waals surface area contributed by atoms with Crippen LogP contribution in [-0.4, -0.2) is 10.2 Å².